The number of halogens is 1. The Hall–Kier alpha value is -0.490. The third-order valence-corrected chi connectivity index (χ3v) is 1.94. The number of nitrogens with zero attached hydrogens (tertiary/aromatic N) is 1. The monoisotopic (exact) mass is 269 g/mol. The fourth-order valence-electron chi connectivity index (χ4n) is 1.19. The number of isocyanates is 1. The summed E-state index contributed by atoms with van der Waals surface area (Å²) in [5.74, 6) is 0. The first-order valence-corrected chi connectivity index (χ1v) is 6.85. The first kappa shape index (κ1) is 18.9. The Kier molecular flexibility index (Phi) is 15.1. The van der Waals surface area contributed by atoms with Gasteiger partial charge in [0.25, 0.3) is 0 Å². The van der Waals surface area contributed by atoms with E-state index in [2.05, 4.69) is 11.9 Å². The number of rotatable bonds is 8. The van der Waals surface area contributed by atoms with Gasteiger partial charge in [-0.1, -0.05) is 45.4 Å². The van der Waals surface area contributed by atoms with Crippen molar-refractivity contribution in [1.82, 2.24) is 0 Å². The van der Waals surface area contributed by atoms with E-state index in [1.807, 2.05) is 0 Å². The minimum absolute atomic E-state index is 0.664. The molecular formula is C10H20ClNO5. The summed E-state index contributed by atoms with van der Waals surface area (Å²) in [6, 6.07) is 0. The molecule has 0 aromatic heterocycles. The van der Waals surface area contributed by atoms with Crippen LogP contribution in [-0.2, 0) is 4.79 Å². The van der Waals surface area contributed by atoms with E-state index in [0.717, 1.165) is 6.42 Å². The minimum atomic E-state index is -4.69. The van der Waals surface area contributed by atoms with Gasteiger partial charge in [0.05, 0.1) is 21.4 Å². The van der Waals surface area contributed by atoms with Gasteiger partial charge in [0.1, 0.15) is 0 Å². The molecule has 0 aromatic rings. The summed E-state index contributed by atoms with van der Waals surface area (Å²) in [4.78, 5) is 13.2. The average molecular weight is 270 g/mol. The Bertz CT molecular complexity index is 195. The van der Waals surface area contributed by atoms with Crippen LogP contribution in [0.15, 0.2) is 4.99 Å². The highest BCUT2D eigenvalue weighted by Crippen LogP contribution is 2.06. The van der Waals surface area contributed by atoms with E-state index in [0.29, 0.717) is 6.54 Å². The van der Waals surface area contributed by atoms with Crippen LogP contribution in [0.2, 0.25) is 0 Å². The normalized spacial score (nSPS) is 10.2. The van der Waals surface area contributed by atoms with Crippen LogP contribution in [0.3, 0.4) is 0 Å². The Morgan fingerprint density at radius 2 is 1.47 bits per heavy atom. The first-order valence-electron chi connectivity index (χ1n) is 5.58. The smallest absolute Gasteiger partial charge is 0.211 e. The topological polar surface area (TPSA) is 119 Å². The highest BCUT2D eigenvalue weighted by Gasteiger charge is 1.98. The molecule has 0 rings (SSSR count). The molecule has 0 saturated heterocycles. The van der Waals surface area contributed by atoms with Gasteiger partial charge in [0, 0.05) is 0 Å². The van der Waals surface area contributed by atoms with E-state index in [1.54, 1.807) is 6.08 Å². The molecule has 0 spiro atoms. The van der Waals surface area contributed by atoms with Crippen LogP contribution in [0.5, 0.6) is 0 Å². The fourth-order valence-corrected chi connectivity index (χ4v) is 1.19. The second kappa shape index (κ2) is 13.6. The summed E-state index contributed by atoms with van der Waals surface area (Å²) in [5.41, 5.74) is 0. The molecular weight excluding hydrogens is 250 g/mol. The standard InChI is InChI=1S/C10H19NO.ClHO4/c1-2-3-4-5-6-7-8-9-11-10-12;2-1(3,4)5/h2-9H2,1H3;(H,2,3,4,5). The molecule has 6 nitrogen and oxygen atoms in total. The van der Waals surface area contributed by atoms with E-state index < -0.39 is 10.2 Å². The lowest BCUT2D eigenvalue weighted by molar-refractivity contribution is -1.92. The molecule has 0 atom stereocenters. The molecule has 0 saturated carbocycles. The third-order valence-electron chi connectivity index (χ3n) is 1.94. The van der Waals surface area contributed by atoms with Crippen molar-refractivity contribution in [3.05, 3.63) is 0 Å². The molecule has 0 fully saturated rings. The van der Waals surface area contributed by atoms with Gasteiger partial charge >= 0.3 is 0 Å². The van der Waals surface area contributed by atoms with Gasteiger partial charge < -0.3 is 0 Å². The van der Waals surface area contributed by atoms with Crippen LogP contribution in [0, 0.1) is 10.2 Å². The second-order valence-corrected chi connectivity index (χ2v) is 4.28. The summed E-state index contributed by atoms with van der Waals surface area (Å²) >= 11 is 0. The van der Waals surface area contributed by atoms with Crippen LogP contribution in [0.4, 0.5) is 0 Å². The van der Waals surface area contributed by atoms with Gasteiger partial charge in [0.15, 0.2) is 0 Å². The highest BCUT2D eigenvalue weighted by atomic mass is 35.7. The van der Waals surface area contributed by atoms with E-state index in [1.165, 1.54) is 38.5 Å². The lowest BCUT2D eigenvalue weighted by Gasteiger charge is -2.03. The molecule has 0 aromatic carbocycles. The van der Waals surface area contributed by atoms with Crippen molar-refractivity contribution in [3.63, 3.8) is 0 Å². The summed E-state index contributed by atoms with van der Waals surface area (Å²) in [5, 5.41) is 0. The highest BCUT2D eigenvalue weighted by molar-refractivity contribution is 5.32. The van der Waals surface area contributed by atoms with Gasteiger partial charge in [-0.05, 0) is 6.42 Å². The third kappa shape index (κ3) is 39.1. The van der Waals surface area contributed by atoms with Crippen LogP contribution in [-0.4, -0.2) is 17.3 Å². The largest absolute Gasteiger partial charge is 0.234 e. The van der Waals surface area contributed by atoms with E-state index in [4.69, 9.17) is 18.6 Å². The van der Waals surface area contributed by atoms with Crippen LogP contribution in [0.1, 0.15) is 51.9 Å². The Balaban J connectivity index is 0. The van der Waals surface area contributed by atoms with Crippen molar-refractivity contribution < 1.29 is 33.7 Å². The number of hydrogen-bond donors (Lipinski definition) is 1. The van der Waals surface area contributed by atoms with Crippen molar-refractivity contribution in [2.45, 2.75) is 51.9 Å². The number of carbonyl (C=O) groups excluding carboxylic acids is 1. The molecule has 0 aliphatic carbocycles. The molecule has 0 heterocycles. The van der Waals surface area contributed by atoms with E-state index in [-0.39, 0.29) is 0 Å². The van der Waals surface area contributed by atoms with Crippen molar-refractivity contribution in [2.75, 3.05) is 6.54 Å². The molecule has 0 radical (unpaired) electrons. The van der Waals surface area contributed by atoms with Gasteiger partial charge in [-0.15, -0.1) is 0 Å². The van der Waals surface area contributed by atoms with Crippen molar-refractivity contribution in [2.24, 2.45) is 4.99 Å². The second-order valence-electron chi connectivity index (χ2n) is 3.49. The average Bonchev–Trinajstić information content (AvgIpc) is 2.20. The van der Waals surface area contributed by atoms with Gasteiger partial charge in [0.2, 0.25) is 6.08 Å². The lowest BCUT2D eigenvalue weighted by Crippen LogP contribution is -2.58. The molecule has 0 aliphatic heterocycles. The van der Waals surface area contributed by atoms with Crippen molar-refractivity contribution in [3.8, 4) is 0 Å². The summed E-state index contributed by atoms with van der Waals surface area (Å²) in [7, 11) is -4.69. The predicted molar refractivity (Wildman–Crippen MR) is 53.2 cm³/mol. The summed E-state index contributed by atoms with van der Waals surface area (Å²) in [6.07, 6.45) is 10.4. The van der Waals surface area contributed by atoms with Gasteiger partial charge in [-0.2, -0.15) is 14.0 Å². The number of hydrogen-bond acceptors (Lipinski definition) is 6. The van der Waals surface area contributed by atoms with Crippen LogP contribution >= 0.6 is 0 Å². The molecule has 7 heteroatoms. The molecule has 0 bridgehead atoms. The molecule has 1 N–H and O–H groups in total. The van der Waals surface area contributed by atoms with E-state index >= 15 is 0 Å². The molecule has 0 amide bonds. The first-order chi connectivity index (χ1) is 7.91. The van der Waals surface area contributed by atoms with Crippen LogP contribution < -0.4 is 14.0 Å². The number of unbranched alkanes of at least 4 members (excludes halogenated alkanes) is 6. The SMILES string of the molecule is CCCCCCCCCN=C=O.[O-][Cl+3]([O-])([O-])O. The Morgan fingerprint density at radius 3 is 1.88 bits per heavy atom. The molecule has 17 heavy (non-hydrogen) atoms. The predicted octanol–water partition coefficient (Wildman–Crippen LogP) is -1.05. The number of aliphatic imine (C=N–C) groups is 1. The minimum Gasteiger partial charge on any atom is -0.211 e. The maximum atomic E-state index is 9.69. The summed E-state index contributed by atoms with van der Waals surface area (Å²) < 4.78 is 32.7. The van der Waals surface area contributed by atoms with Crippen molar-refractivity contribution in [1.29, 1.82) is 0 Å². The van der Waals surface area contributed by atoms with Crippen molar-refractivity contribution >= 4 is 6.08 Å². The van der Waals surface area contributed by atoms with Crippen LogP contribution in [0.25, 0.3) is 0 Å². The maximum absolute atomic E-state index is 9.69. The zero-order valence-corrected chi connectivity index (χ0v) is 10.8. The van der Waals surface area contributed by atoms with Gasteiger partial charge in [-0.3, -0.25) is 0 Å². The Morgan fingerprint density at radius 1 is 1.06 bits per heavy atom. The zero-order chi connectivity index (χ0) is 13.6. The summed E-state index contributed by atoms with van der Waals surface area (Å²) in [6.45, 7) is 2.88. The molecule has 0 unspecified atom stereocenters. The van der Waals surface area contributed by atoms with E-state index in [9.17, 15) is 4.79 Å². The van der Waals surface area contributed by atoms with Gasteiger partial charge in [-0.25, -0.2) is 9.79 Å². The quantitative estimate of drug-likeness (QED) is 0.342. The maximum Gasteiger partial charge on any atom is 0.234 e. The fraction of sp³-hybridized carbons (Fsp3) is 0.900. The lowest BCUT2D eigenvalue weighted by atomic mass is 10.1. The Labute approximate surface area is 104 Å². The molecule has 102 valence electrons. The molecule has 0 aliphatic rings. The zero-order valence-electron chi connectivity index (χ0n) is 10.1.